The van der Waals surface area contributed by atoms with Crippen molar-refractivity contribution in [2.75, 3.05) is 6.79 Å². The van der Waals surface area contributed by atoms with Crippen molar-refractivity contribution < 1.29 is 24.2 Å². The van der Waals surface area contributed by atoms with E-state index in [2.05, 4.69) is 26.1 Å². The summed E-state index contributed by atoms with van der Waals surface area (Å²) < 4.78 is 10.6. The van der Waals surface area contributed by atoms with Gasteiger partial charge in [-0.2, -0.15) is 0 Å². The lowest BCUT2D eigenvalue weighted by molar-refractivity contribution is -0.139. The molecule has 0 saturated carbocycles. The average molecular weight is 383 g/mol. The molecular weight excluding hydrogens is 358 g/mol. The lowest BCUT2D eigenvalue weighted by Gasteiger charge is -2.19. The van der Waals surface area contributed by atoms with E-state index in [-0.39, 0.29) is 24.4 Å². The lowest BCUT2D eigenvalue weighted by atomic mass is 9.86. The monoisotopic (exact) mass is 383 g/mol. The molecule has 2 aromatic rings. The topological polar surface area (TPSA) is 84.9 Å². The minimum atomic E-state index is -1.06. The van der Waals surface area contributed by atoms with Crippen molar-refractivity contribution in [2.45, 2.75) is 45.2 Å². The van der Waals surface area contributed by atoms with Gasteiger partial charge in [-0.05, 0) is 28.7 Å². The molecule has 1 heterocycles. The van der Waals surface area contributed by atoms with Gasteiger partial charge in [-0.15, -0.1) is 0 Å². The summed E-state index contributed by atoms with van der Waals surface area (Å²) in [6.07, 6.45) is -0.116. The van der Waals surface area contributed by atoms with Gasteiger partial charge in [0, 0.05) is 18.5 Å². The first kappa shape index (κ1) is 19.9. The van der Waals surface area contributed by atoms with Crippen LogP contribution in [0.25, 0.3) is 0 Å². The normalized spacial score (nSPS) is 14.0. The molecule has 0 aliphatic carbocycles. The van der Waals surface area contributed by atoms with Gasteiger partial charge in [0.15, 0.2) is 17.3 Å². The molecule has 0 radical (unpaired) electrons. The first-order chi connectivity index (χ1) is 13.2. The summed E-state index contributed by atoms with van der Waals surface area (Å²) in [6.45, 7) is 6.80. The highest BCUT2D eigenvalue weighted by molar-refractivity contribution is 5.98. The summed E-state index contributed by atoms with van der Waals surface area (Å²) in [5, 5.41) is 12.4. The summed E-state index contributed by atoms with van der Waals surface area (Å²) in [7, 11) is 0. The first-order valence-electron chi connectivity index (χ1n) is 9.22. The molecule has 3 rings (SSSR count). The van der Waals surface area contributed by atoms with Crippen LogP contribution < -0.4 is 14.8 Å². The van der Waals surface area contributed by atoms with E-state index in [9.17, 15) is 14.7 Å². The number of hydrogen-bond acceptors (Lipinski definition) is 5. The van der Waals surface area contributed by atoms with Crippen molar-refractivity contribution in [2.24, 2.45) is 0 Å². The van der Waals surface area contributed by atoms with Gasteiger partial charge in [-0.25, -0.2) is 0 Å². The second-order valence-electron chi connectivity index (χ2n) is 7.91. The van der Waals surface area contributed by atoms with Crippen LogP contribution in [-0.4, -0.2) is 29.7 Å². The van der Waals surface area contributed by atoms with Crippen LogP contribution in [0.15, 0.2) is 42.5 Å². The number of carbonyl (C=O) groups excluding carboxylic acids is 1. The van der Waals surface area contributed by atoms with E-state index < -0.39 is 12.0 Å². The Morgan fingerprint density at radius 3 is 2.39 bits per heavy atom. The van der Waals surface area contributed by atoms with E-state index in [1.807, 2.05) is 18.2 Å². The largest absolute Gasteiger partial charge is 0.480 e. The Morgan fingerprint density at radius 2 is 1.75 bits per heavy atom. The number of rotatable bonds is 7. The van der Waals surface area contributed by atoms with E-state index in [4.69, 9.17) is 9.47 Å². The highest BCUT2D eigenvalue weighted by atomic mass is 16.7. The van der Waals surface area contributed by atoms with Crippen LogP contribution in [0, 0.1) is 0 Å². The van der Waals surface area contributed by atoms with Crippen LogP contribution in [0.4, 0.5) is 0 Å². The van der Waals surface area contributed by atoms with Crippen LogP contribution in [0.3, 0.4) is 0 Å². The number of carbonyl (C=O) groups is 2. The summed E-state index contributed by atoms with van der Waals surface area (Å²) in [4.78, 5) is 24.1. The number of carboxylic acid groups (broad SMARTS) is 1. The van der Waals surface area contributed by atoms with E-state index >= 15 is 0 Å². The molecule has 1 aliphatic heterocycles. The molecule has 2 aromatic carbocycles. The van der Waals surface area contributed by atoms with Crippen molar-refractivity contribution in [3.05, 3.63) is 59.2 Å². The molecule has 148 valence electrons. The second kappa shape index (κ2) is 8.02. The summed E-state index contributed by atoms with van der Waals surface area (Å²) in [5.41, 5.74) is 2.50. The van der Waals surface area contributed by atoms with Crippen molar-refractivity contribution >= 4 is 11.8 Å². The number of Topliss-reactive ketones (excluding diaryl/α,β-unsaturated/α-hetero) is 1. The van der Waals surface area contributed by atoms with Crippen LogP contribution in [-0.2, 0) is 16.8 Å². The van der Waals surface area contributed by atoms with Gasteiger partial charge in [0.2, 0.25) is 6.79 Å². The molecular formula is C22H25NO5. The van der Waals surface area contributed by atoms with Crippen molar-refractivity contribution in [3.8, 4) is 11.5 Å². The quantitative estimate of drug-likeness (QED) is 0.712. The van der Waals surface area contributed by atoms with Crippen LogP contribution in [0.5, 0.6) is 11.5 Å². The standard InChI is InChI=1S/C22H25NO5/c1-22(2,3)16-7-5-15(6-8-16)18(24)11-17(21(25)26)23-12-14-4-9-19-20(10-14)28-13-27-19/h4-10,17,23H,11-13H2,1-3H3,(H,25,26)/t17-/m1/s1. The third-order valence-corrected chi connectivity index (χ3v) is 4.75. The highest BCUT2D eigenvalue weighted by Gasteiger charge is 2.23. The fourth-order valence-electron chi connectivity index (χ4n) is 3.00. The number of fused-ring (bicyclic) bond motifs is 1. The molecule has 0 spiro atoms. The Hall–Kier alpha value is -2.86. The van der Waals surface area contributed by atoms with Crippen LogP contribution >= 0.6 is 0 Å². The van der Waals surface area contributed by atoms with Gasteiger partial charge in [0.05, 0.1) is 0 Å². The van der Waals surface area contributed by atoms with Crippen LogP contribution in [0.2, 0.25) is 0 Å². The van der Waals surface area contributed by atoms with Gasteiger partial charge < -0.3 is 14.6 Å². The van der Waals surface area contributed by atoms with E-state index in [0.29, 0.717) is 23.6 Å². The minimum absolute atomic E-state index is 0.00263. The number of hydrogen-bond donors (Lipinski definition) is 2. The Labute approximate surface area is 164 Å². The molecule has 2 N–H and O–H groups in total. The van der Waals surface area contributed by atoms with Crippen molar-refractivity contribution in [1.29, 1.82) is 0 Å². The Kier molecular flexibility index (Phi) is 5.70. The molecule has 0 amide bonds. The molecule has 1 aliphatic rings. The van der Waals surface area contributed by atoms with Crippen LogP contribution in [0.1, 0.15) is 48.7 Å². The third kappa shape index (κ3) is 4.70. The predicted octanol–water partition coefficient (Wildman–Crippen LogP) is 3.53. The number of aliphatic carboxylic acids is 1. The summed E-state index contributed by atoms with van der Waals surface area (Å²) >= 11 is 0. The lowest BCUT2D eigenvalue weighted by Crippen LogP contribution is -2.38. The number of carboxylic acids is 1. The van der Waals surface area contributed by atoms with Crippen molar-refractivity contribution in [3.63, 3.8) is 0 Å². The van der Waals surface area contributed by atoms with Gasteiger partial charge in [0.25, 0.3) is 0 Å². The number of benzene rings is 2. The fourth-order valence-corrected chi connectivity index (χ4v) is 3.00. The zero-order chi connectivity index (χ0) is 20.3. The predicted molar refractivity (Wildman–Crippen MR) is 105 cm³/mol. The molecule has 0 fully saturated rings. The maximum atomic E-state index is 12.5. The fraction of sp³-hybridized carbons (Fsp3) is 0.364. The zero-order valence-corrected chi connectivity index (χ0v) is 16.3. The SMILES string of the molecule is CC(C)(C)c1ccc(C(=O)C[C@@H](NCc2ccc3c(c2)OCO3)C(=O)O)cc1. The Balaban J connectivity index is 1.62. The maximum absolute atomic E-state index is 12.5. The smallest absolute Gasteiger partial charge is 0.321 e. The van der Waals surface area contributed by atoms with Gasteiger partial charge in [-0.3, -0.25) is 14.9 Å². The molecule has 6 heteroatoms. The molecule has 6 nitrogen and oxygen atoms in total. The van der Waals surface area contributed by atoms with Crippen molar-refractivity contribution in [1.82, 2.24) is 5.32 Å². The average Bonchev–Trinajstić information content (AvgIpc) is 3.12. The Morgan fingerprint density at radius 1 is 1.07 bits per heavy atom. The first-order valence-corrected chi connectivity index (χ1v) is 9.22. The van der Waals surface area contributed by atoms with E-state index in [0.717, 1.165) is 11.1 Å². The molecule has 0 bridgehead atoms. The third-order valence-electron chi connectivity index (χ3n) is 4.75. The summed E-state index contributed by atoms with van der Waals surface area (Å²) in [6, 6.07) is 11.8. The molecule has 0 saturated heterocycles. The number of nitrogens with one attached hydrogen (secondary N) is 1. The van der Waals surface area contributed by atoms with E-state index in [1.54, 1.807) is 24.3 Å². The molecule has 0 unspecified atom stereocenters. The van der Waals surface area contributed by atoms with E-state index in [1.165, 1.54) is 0 Å². The second-order valence-corrected chi connectivity index (χ2v) is 7.91. The van der Waals surface area contributed by atoms with Gasteiger partial charge in [0.1, 0.15) is 6.04 Å². The molecule has 1 atom stereocenters. The zero-order valence-electron chi connectivity index (χ0n) is 16.3. The van der Waals surface area contributed by atoms with Gasteiger partial charge >= 0.3 is 5.97 Å². The van der Waals surface area contributed by atoms with Gasteiger partial charge in [-0.1, -0.05) is 51.1 Å². The molecule has 0 aromatic heterocycles. The number of ketones is 1. The maximum Gasteiger partial charge on any atom is 0.321 e. The summed E-state index contributed by atoms with van der Waals surface area (Å²) in [5.74, 6) is 0.0556. The number of ether oxygens (including phenoxy) is 2. The highest BCUT2D eigenvalue weighted by Crippen LogP contribution is 2.32. The minimum Gasteiger partial charge on any atom is -0.480 e. The Bertz CT molecular complexity index is 867. The molecule has 28 heavy (non-hydrogen) atoms.